The van der Waals surface area contributed by atoms with E-state index in [2.05, 4.69) is 10.6 Å². The van der Waals surface area contributed by atoms with Crippen molar-refractivity contribution in [3.63, 3.8) is 0 Å². The fourth-order valence-electron chi connectivity index (χ4n) is 2.52. The van der Waals surface area contributed by atoms with E-state index in [1.165, 1.54) is 4.90 Å². The molecule has 0 saturated heterocycles. The van der Waals surface area contributed by atoms with Gasteiger partial charge < -0.3 is 20.3 Å². The topological polar surface area (TPSA) is 87.7 Å². The van der Waals surface area contributed by atoms with Gasteiger partial charge in [-0.3, -0.25) is 9.59 Å². The van der Waals surface area contributed by atoms with Crippen molar-refractivity contribution < 1.29 is 19.1 Å². The van der Waals surface area contributed by atoms with Crippen molar-refractivity contribution in [3.05, 3.63) is 35.4 Å². The fraction of sp³-hybridized carbons (Fsp3) is 0.571. The fourth-order valence-corrected chi connectivity index (χ4v) is 2.52. The second-order valence-electron chi connectivity index (χ2n) is 7.82. The summed E-state index contributed by atoms with van der Waals surface area (Å²) in [5.74, 6) is -0.632. The van der Waals surface area contributed by atoms with Gasteiger partial charge in [-0.05, 0) is 39.7 Å². The van der Waals surface area contributed by atoms with Crippen LogP contribution in [0.1, 0.15) is 57.7 Å². The SMILES string of the molecule is CCCCNC(=O)C(c1ccc(C)cc1)N(C)C(=O)CNC(=O)OC(C)(C)C. The molecular weight excluding hydrogens is 358 g/mol. The Morgan fingerprint density at radius 1 is 1.11 bits per heavy atom. The van der Waals surface area contributed by atoms with Gasteiger partial charge in [-0.2, -0.15) is 0 Å². The van der Waals surface area contributed by atoms with Gasteiger partial charge in [0.15, 0.2) is 0 Å². The van der Waals surface area contributed by atoms with E-state index >= 15 is 0 Å². The van der Waals surface area contributed by atoms with Gasteiger partial charge in [0.1, 0.15) is 18.2 Å². The number of ether oxygens (including phenoxy) is 1. The molecule has 3 amide bonds. The van der Waals surface area contributed by atoms with Gasteiger partial charge >= 0.3 is 6.09 Å². The van der Waals surface area contributed by atoms with Crippen LogP contribution < -0.4 is 10.6 Å². The lowest BCUT2D eigenvalue weighted by Gasteiger charge is -2.28. The molecule has 0 aromatic heterocycles. The zero-order valence-electron chi connectivity index (χ0n) is 17.8. The number of hydrogen-bond acceptors (Lipinski definition) is 4. The lowest BCUT2D eigenvalue weighted by atomic mass is 10.0. The molecule has 1 unspecified atom stereocenters. The summed E-state index contributed by atoms with van der Waals surface area (Å²) in [4.78, 5) is 38.5. The Hall–Kier alpha value is -2.57. The van der Waals surface area contributed by atoms with Crippen molar-refractivity contribution in [2.45, 2.75) is 59.1 Å². The first kappa shape index (κ1) is 23.5. The summed E-state index contributed by atoms with van der Waals surface area (Å²) in [6.45, 7) is 9.53. The summed E-state index contributed by atoms with van der Waals surface area (Å²) in [5, 5.41) is 5.33. The van der Waals surface area contributed by atoms with Gasteiger partial charge in [-0.25, -0.2) is 4.79 Å². The van der Waals surface area contributed by atoms with Gasteiger partial charge in [-0.15, -0.1) is 0 Å². The predicted octanol–water partition coefficient (Wildman–Crippen LogP) is 2.94. The second kappa shape index (κ2) is 10.7. The molecule has 1 aromatic carbocycles. The van der Waals surface area contributed by atoms with E-state index in [1.54, 1.807) is 27.8 Å². The lowest BCUT2D eigenvalue weighted by Crippen LogP contribution is -2.46. The zero-order valence-corrected chi connectivity index (χ0v) is 17.8. The van der Waals surface area contributed by atoms with Crippen LogP contribution in [0, 0.1) is 6.92 Å². The van der Waals surface area contributed by atoms with E-state index in [4.69, 9.17) is 4.74 Å². The highest BCUT2D eigenvalue weighted by atomic mass is 16.6. The molecule has 7 heteroatoms. The smallest absolute Gasteiger partial charge is 0.408 e. The second-order valence-corrected chi connectivity index (χ2v) is 7.82. The van der Waals surface area contributed by atoms with E-state index in [0.717, 1.165) is 18.4 Å². The Balaban J connectivity index is 2.86. The highest BCUT2D eigenvalue weighted by molar-refractivity contribution is 5.90. The molecular formula is C21H33N3O4. The summed E-state index contributed by atoms with van der Waals surface area (Å²) in [5.41, 5.74) is 1.13. The monoisotopic (exact) mass is 391 g/mol. The highest BCUT2D eigenvalue weighted by Crippen LogP contribution is 2.20. The van der Waals surface area contributed by atoms with Crippen LogP contribution in [0.3, 0.4) is 0 Å². The molecule has 0 aliphatic heterocycles. The largest absolute Gasteiger partial charge is 0.444 e. The summed E-state index contributed by atoms with van der Waals surface area (Å²) in [7, 11) is 1.56. The Kier molecular flexibility index (Phi) is 8.96. The Bertz CT molecular complexity index is 665. The predicted molar refractivity (Wildman–Crippen MR) is 109 cm³/mol. The van der Waals surface area contributed by atoms with Crippen molar-refractivity contribution in [2.24, 2.45) is 0 Å². The average Bonchev–Trinajstić information content (AvgIpc) is 2.60. The molecule has 0 aliphatic carbocycles. The molecule has 0 bridgehead atoms. The van der Waals surface area contributed by atoms with Crippen LogP contribution in [0.5, 0.6) is 0 Å². The first-order chi connectivity index (χ1) is 13.0. The number of aryl methyl sites for hydroxylation is 1. The first-order valence-corrected chi connectivity index (χ1v) is 9.62. The van der Waals surface area contributed by atoms with E-state index < -0.39 is 17.7 Å². The van der Waals surface area contributed by atoms with Crippen molar-refractivity contribution in [2.75, 3.05) is 20.1 Å². The molecule has 2 N–H and O–H groups in total. The zero-order chi connectivity index (χ0) is 21.3. The molecule has 0 radical (unpaired) electrons. The number of amides is 3. The van der Waals surface area contributed by atoms with Crippen LogP contribution >= 0.6 is 0 Å². The molecule has 28 heavy (non-hydrogen) atoms. The quantitative estimate of drug-likeness (QED) is 0.667. The highest BCUT2D eigenvalue weighted by Gasteiger charge is 2.28. The van der Waals surface area contributed by atoms with Crippen LogP contribution in [-0.2, 0) is 14.3 Å². The number of carbonyl (C=O) groups excluding carboxylic acids is 3. The Labute approximate surface area is 167 Å². The van der Waals surface area contributed by atoms with E-state index in [-0.39, 0.29) is 18.4 Å². The van der Waals surface area contributed by atoms with Crippen molar-refractivity contribution >= 4 is 17.9 Å². The molecule has 0 spiro atoms. The Morgan fingerprint density at radius 3 is 2.25 bits per heavy atom. The number of likely N-dealkylation sites (N-methyl/N-ethyl adjacent to an activating group) is 1. The molecule has 0 saturated carbocycles. The number of alkyl carbamates (subject to hydrolysis) is 1. The third-order valence-corrected chi connectivity index (χ3v) is 4.03. The van der Waals surface area contributed by atoms with Gasteiger partial charge in [-0.1, -0.05) is 43.2 Å². The third-order valence-electron chi connectivity index (χ3n) is 4.03. The van der Waals surface area contributed by atoms with Gasteiger partial charge in [0.05, 0.1) is 0 Å². The van der Waals surface area contributed by atoms with Crippen LogP contribution in [0.4, 0.5) is 4.79 Å². The van der Waals surface area contributed by atoms with Crippen molar-refractivity contribution in [3.8, 4) is 0 Å². The maximum absolute atomic E-state index is 12.8. The minimum Gasteiger partial charge on any atom is -0.444 e. The summed E-state index contributed by atoms with van der Waals surface area (Å²) in [6.07, 6.45) is 1.15. The lowest BCUT2D eigenvalue weighted by molar-refractivity contribution is -0.138. The van der Waals surface area contributed by atoms with Crippen LogP contribution in [0.15, 0.2) is 24.3 Å². The molecule has 1 aromatic rings. The standard InChI is InChI=1S/C21H33N3O4/c1-7-8-13-22-19(26)18(16-11-9-15(2)10-12-16)24(6)17(25)14-23-20(27)28-21(3,4)5/h9-12,18H,7-8,13-14H2,1-6H3,(H,22,26)(H,23,27). The van der Waals surface area contributed by atoms with Crippen LogP contribution in [0.2, 0.25) is 0 Å². The van der Waals surface area contributed by atoms with Crippen LogP contribution in [0.25, 0.3) is 0 Å². The minimum atomic E-state index is -0.773. The number of unbranched alkanes of at least 4 members (excludes halogenated alkanes) is 1. The number of carbonyl (C=O) groups is 3. The Morgan fingerprint density at radius 2 is 1.71 bits per heavy atom. The minimum absolute atomic E-state index is 0.245. The number of rotatable bonds is 8. The van der Waals surface area contributed by atoms with Gasteiger partial charge in [0.25, 0.3) is 0 Å². The molecule has 0 heterocycles. The van der Waals surface area contributed by atoms with E-state index in [0.29, 0.717) is 12.1 Å². The molecule has 1 atom stereocenters. The van der Waals surface area contributed by atoms with Gasteiger partial charge in [0.2, 0.25) is 11.8 Å². The number of nitrogens with zero attached hydrogens (tertiary/aromatic N) is 1. The summed E-state index contributed by atoms with van der Waals surface area (Å²) >= 11 is 0. The number of nitrogens with one attached hydrogen (secondary N) is 2. The van der Waals surface area contributed by atoms with Gasteiger partial charge in [0, 0.05) is 13.6 Å². The van der Waals surface area contributed by atoms with E-state index in [1.807, 2.05) is 38.1 Å². The first-order valence-electron chi connectivity index (χ1n) is 9.62. The van der Waals surface area contributed by atoms with Crippen molar-refractivity contribution in [1.82, 2.24) is 15.5 Å². The summed E-state index contributed by atoms with van der Waals surface area (Å²) < 4.78 is 5.14. The van der Waals surface area contributed by atoms with E-state index in [9.17, 15) is 14.4 Å². The molecule has 0 fully saturated rings. The normalized spacial score (nSPS) is 12.1. The molecule has 0 aliphatic rings. The molecule has 156 valence electrons. The maximum Gasteiger partial charge on any atom is 0.408 e. The molecule has 7 nitrogen and oxygen atoms in total. The number of hydrogen-bond donors (Lipinski definition) is 2. The van der Waals surface area contributed by atoms with Crippen molar-refractivity contribution in [1.29, 1.82) is 0 Å². The van der Waals surface area contributed by atoms with Crippen LogP contribution in [-0.4, -0.2) is 48.5 Å². The molecule has 1 rings (SSSR count). The average molecular weight is 392 g/mol. The maximum atomic E-state index is 12.8. The third kappa shape index (κ3) is 7.98. The summed E-state index contributed by atoms with van der Waals surface area (Å²) in [6, 6.07) is 6.71. The number of benzene rings is 1.